The summed E-state index contributed by atoms with van der Waals surface area (Å²) < 4.78 is 0. The van der Waals surface area contributed by atoms with E-state index in [9.17, 15) is 0 Å². The highest BCUT2D eigenvalue weighted by atomic mass is 32.1. The Labute approximate surface area is 117 Å². The number of nitrogens with one attached hydrogen (secondary N) is 2. The lowest BCUT2D eigenvalue weighted by Gasteiger charge is -2.11. The molecule has 2 heterocycles. The highest BCUT2D eigenvalue weighted by Crippen LogP contribution is 2.17. The van der Waals surface area contributed by atoms with Crippen molar-refractivity contribution in [2.45, 2.75) is 0 Å². The molecule has 0 amide bonds. The fourth-order valence-corrected chi connectivity index (χ4v) is 2.15. The minimum atomic E-state index is 0.801. The number of anilines is 2. The van der Waals surface area contributed by atoms with Gasteiger partial charge in [-0.2, -0.15) is 0 Å². The predicted molar refractivity (Wildman–Crippen MR) is 82.0 cm³/mol. The van der Waals surface area contributed by atoms with E-state index in [1.165, 1.54) is 0 Å². The highest BCUT2D eigenvalue weighted by molar-refractivity contribution is 7.80. The molecule has 1 aromatic rings. The summed E-state index contributed by atoms with van der Waals surface area (Å²) in [4.78, 5) is 4.22. The van der Waals surface area contributed by atoms with Gasteiger partial charge in [-0.15, -0.1) is 0 Å². The van der Waals surface area contributed by atoms with Gasteiger partial charge in [0.1, 0.15) is 0 Å². The molecule has 2 aliphatic rings. The second kappa shape index (κ2) is 4.70. The molecule has 0 unspecified atom stereocenters. The second-order valence-corrected chi connectivity index (χ2v) is 5.19. The summed E-state index contributed by atoms with van der Waals surface area (Å²) in [6, 6.07) is 8.01. The van der Waals surface area contributed by atoms with Gasteiger partial charge in [0.2, 0.25) is 0 Å². The van der Waals surface area contributed by atoms with Crippen LogP contribution in [-0.2, 0) is 0 Å². The molecule has 2 aliphatic heterocycles. The molecule has 4 nitrogen and oxygen atoms in total. The summed E-state index contributed by atoms with van der Waals surface area (Å²) >= 11 is 10.5. The Bertz CT molecular complexity index is 432. The normalized spacial score (nSPS) is 16.2. The summed E-state index contributed by atoms with van der Waals surface area (Å²) in [5.41, 5.74) is 2.02. The smallest absolute Gasteiger partial charge is 0.173 e. The maximum Gasteiger partial charge on any atom is 0.173 e. The predicted octanol–water partition coefficient (Wildman–Crippen LogP) is 1.71. The molecule has 0 spiro atoms. The molecule has 2 saturated heterocycles. The van der Waals surface area contributed by atoms with Crippen molar-refractivity contribution in [3.8, 4) is 0 Å². The van der Waals surface area contributed by atoms with Gasteiger partial charge in [0, 0.05) is 37.6 Å². The maximum absolute atomic E-state index is 5.24. The van der Waals surface area contributed by atoms with Gasteiger partial charge in [0.25, 0.3) is 0 Å². The van der Waals surface area contributed by atoms with E-state index in [1.54, 1.807) is 0 Å². The van der Waals surface area contributed by atoms with E-state index in [0.29, 0.717) is 0 Å². The Hall–Kier alpha value is -1.40. The van der Waals surface area contributed by atoms with Crippen molar-refractivity contribution < 1.29 is 0 Å². The number of nitrogens with zero attached hydrogens (tertiary/aromatic N) is 2. The second-order valence-electron chi connectivity index (χ2n) is 4.41. The number of benzene rings is 1. The van der Waals surface area contributed by atoms with E-state index >= 15 is 0 Å². The minimum absolute atomic E-state index is 0.801. The Morgan fingerprint density at radius 3 is 1.39 bits per heavy atom. The Balaban J connectivity index is 1.57. The summed E-state index contributed by atoms with van der Waals surface area (Å²) in [7, 11) is 0. The van der Waals surface area contributed by atoms with Gasteiger partial charge in [0.05, 0.1) is 0 Å². The summed E-state index contributed by atoms with van der Waals surface area (Å²) in [6.07, 6.45) is 0. The number of hydrogen-bond acceptors (Lipinski definition) is 2. The van der Waals surface area contributed by atoms with Crippen LogP contribution in [0, 0.1) is 0 Å². The molecular formula is C12H14N4S2. The third-order valence-corrected chi connectivity index (χ3v) is 3.58. The fraction of sp³-hybridized carbons (Fsp3) is 0.333. The first-order valence-electron chi connectivity index (χ1n) is 5.94. The first kappa shape index (κ1) is 11.7. The minimum Gasteiger partial charge on any atom is -0.345 e. The third kappa shape index (κ3) is 2.88. The zero-order chi connectivity index (χ0) is 12.5. The molecule has 6 heteroatoms. The summed E-state index contributed by atoms with van der Waals surface area (Å²) in [5.74, 6) is 0. The first-order chi connectivity index (χ1) is 8.72. The lowest BCUT2D eigenvalue weighted by molar-refractivity contribution is 0.861. The Morgan fingerprint density at radius 1 is 0.778 bits per heavy atom. The molecule has 0 aromatic heterocycles. The molecule has 3 rings (SSSR count). The van der Waals surface area contributed by atoms with Crippen LogP contribution in [0.2, 0.25) is 0 Å². The van der Waals surface area contributed by atoms with Gasteiger partial charge in [-0.3, -0.25) is 0 Å². The molecule has 0 radical (unpaired) electrons. The molecule has 0 bridgehead atoms. The molecule has 18 heavy (non-hydrogen) atoms. The van der Waals surface area contributed by atoms with E-state index in [-0.39, 0.29) is 0 Å². The lowest BCUT2D eigenvalue weighted by atomic mass is 10.3. The Kier molecular flexibility index (Phi) is 3.05. The zero-order valence-corrected chi connectivity index (χ0v) is 11.5. The van der Waals surface area contributed by atoms with E-state index < -0.39 is 0 Å². The SMILES string of the molecule is S=C(Nc1ccc(NC(=S)N2CC2)cc1)N1CC1. The third-order valence-electron chi connectivity index (χ3n) is 2.86. The van der Waals surface area contributed by atoms with Crippen molar-refractivity contribution in [3.63, 3.8) is 0 Å². The molecule has 0 atom stereocenters. The molecule has 1 aromatic carbocycles. The van der Waals surface area contributed by atoms with Crippen LogP contribution in [0.1, 0.15) is 0 Å². The monoisotopic (exact) mass is 278 g/mol. The quantitative estimate of drug-likeness (QED) is 0.632. The molecule has 0 aliphatic carbocycles. The van der Waals surface area contributed by atoms with Crippen LogP contribution in [0.4, 0.5) is 11.4 Å². The largest absolute Gasteiger partial charge is 0.345 e. The molecule has 2 N–H and O–H groups in total. The van der Waals surface area contributed by atoms with E-state index in [1.807, 2.05) is 24.3 Å². The van der Waals surface area contributed by atoms with E-state index in [2.05, 4.69) is 20.4 Å². The summed E-state index contributed by atoms with van der Waals surface area (Å²) in [6.45, 7) is 4.26. The average molecular weight is 278 g/mol. The highest BCUT2D eigenvalue weighted by Gasteiger charge is 2.21. The molecular weight excluding hydrogens is 264 g/mol. The molecule has 0 saturated carbocycles. The van der Waals surface area contributed by atoms with Crippen molar-refractivity contribution in [1.82, 2.24) is 9.80 Å². The van der Waals surface area contributed by atoms with Gasteiger partial charge < -0.3 is 20.4 Å². The van der Waals surface area contributed by atoms with Crippen LogP contribution in [0.25, 0.3) is 0 Å². The van der Waals surface area contributed by atoms with Gasteiger partial charge in [-0.05, 0) is 48.7 Å². The van der Waals surface area contributed by atoms with Crippen LogP contribution in [-0.4, -0.2) is 46.2 Å². The van der Waals surface area contributed by atoms with Crippen molar-refractivity contribution in [3.05, 3.63) is 24.3 Å². The standard InChI is InChI=1S/C12H14N4S2/c17-11(15-5-6-15)13-9-1-2-10(4-3-9)14-12(18)16-7-8-16/h1-4H,5-8H2,(H,13,17)(H,14,18). The van der Waals surface area contributed by atoms with Gasteiger partial charge in [-0.1, -0.05) is 0 Å². The number of thiocarbonyl (C=S) groups is 2. The van der Waals surface area contributed by atoms with Crippen molar-refractivity contribution in [2.75, 3.05) is 36.8 Å². The molecule has 2 fully saturated rings. The van der Waals surface area contributed by atoms with Crippen LogP contribution in [0.15, 0.2) is 24.3 Å². The fourth-order valence-electron chi connectivity index (χ4n) is 1.55. The van der Waals surface area contributed by atoms with Gasteiger partial charge >= 0.3 is 0 Å². The lowest BCUT2D eigenvalue weighted by Crippen LogP contribution is -2.19. The average Bonchev–Trinajstić information content (AvgIpc) is 3.22. The van der Waals surface area contributed by atoms with Crippen molar-refractivity contribution in [1.29, 1.82) is 0 Å². The topological polar surface area (TPSA) is 30.1 Å². The zero-order valence-electron chi connectivity index (χ0n) is 9.85. The maximum atomic E-state index is 5.24. The van der Waals surface area contributed by atoms with Crippen molar-refractivity contribution in [2.24, 2.45) is 0 Å². The molecule has 94 valence electrons. The van der Waals surface area contributed by atoms with Crippen LogP contribution in [0.3, 0.4) is 0 Å². The van der Waals surface area contributed by atoms with Crippen LogP contribution in [0.5, 0.6) is 0 Å². The van der Waals surface area contributed by atoms with E-state index in [0.717, 1.165) is 47.8 Å². The van der Waals surface area contributed by atoms with Gasteiger partial charge in [-0.25, -0.2) is 0 Å². The van der Waals surface area contributed by atoms with Crippen molar-refractivity contribution >= 4 is 46.0 Å². The van der Waals surface area contributed by atoms with E-state index in [4.69, 9.17) is 24.4 Å². The van der Waals surface area contributed by atoms with Gasteiger partial charge in [0.15, 0.2) is 10.2 Å². The van der Waals surface area contributed by atoms with Crippen LogP contribution >= 0.6 is 24.4 Å². The number of hydrogen-bond donors (Lipinski definition) is 2. The Morgan fingerprint density at radius 2 is 1.11 bits per heavy atom. The summed E-state index contributed by atoms with van der Waals surface area (Å²) in [5, 5.41) is 8.01. The van der Waals surface area contributed by atoms with Crippen LogP contribution < -0.4 is 10.6 Å². The number of rotatable bonds is 2. The first-order valence-corrected chi connectivity index (χ1v) is 6.76.